The Morgan fingerprint density at radius 2 is 1.86 bits per heavy atom. The van der Waals surface area contributed by atoms with E-state index >= 15 is 0 Å². The fourth-order valence-electron chi connectivity index (χ4n) is 5.31. The van der Waals surface area contributed by atoms with Gasteiger partial charge in [-0.2, -0.15) is 4.98 Å². The van der Waals surface area contributed by atoms with E-state index in [2.05, 4.69) is 10.6 Å². The van der Waals surface area contributed by atoms with E-state index in [1.807, 2.05) is 43.3 Å². The highest BCUT2D eigenvalue weighted by molar-refractivity contribution is 5.90. The number of benzene rings is 2. The second-order valence-corrected chi connectivity index (χ2v) is 10.1. The predicted octanol–water partition coefficient (Wildman–Crippen LogP) is 4.84. The fourth-order valence-corrected chi connectivity index (χ4v) is 5.31. The highest BCUT2D eigenvalue weighted by atomic mass is 19.2. The maximum absolute atomic E-state index is 13.4. The van der Waals surface area contributed by atoms with E-state index in [1.54, 1.807) is 0 Å². The van der Waals surface area contributed by atoms with Crippen molar-refractivity contribution in [2.75, 3.05) is 24.3 Å². The van der Waals surface area contributed by atoms with E-state index in [4.69, 9.17) is 9.97 Å². The number of hydrogen-bond acceptors (Lipinski definition) is 5. The van der Waals surface area contributed by atoms with Crippen molar-refractivity contribution < 1.29 is 13.6 Å². The van der Waals surface area contributed by atoms with E-state index in [0.717, 1.165) is 61.0 Å². The summed E-state index contributed by atoms with van der Waals surface area (Å²) < 4.78 is 26.4. The third-order valence-electron chi connectivity index (χ3n) is 7.47. The summed E-state index contributed by atoms with van der Waals surface area (Å²) in [6, 6.07) is 12.3. The number of fused-ring (bicyclic) bond motifs is 1. The Hall–Kier alpha value is -3.29. The summed E-state index contributed by atoms with van der Waals surface area (Å²) in [4.78, 5) is 23.9. The van der Waals surface area contributed by atoms with Gasteiger partial charge >= 0.3 is 0 Å². The van der Waals surface area contributed by atoms with E-state index in [1.165, 1.54) is 6.07 Å². The summed E-state index contributed by atoms with van der Waals surface area (Å²) >= 11 is 0. The number of nitrogens with zero attached hydrogens (tertiary/aromatic N) is 3. The molecule has 1 heterocycles. The fraction of sp³-hybridized carbons (Fsp3) is 0.444. The van der Waals surface area contributed by atoms with Crippen molar-refractivity contribution in [1.29, 1.82) is 0 Å². The van der Waals surface area contributed by atoms with Crippen LogP contribution in [-0.4, -0.2) is 42.1 Å². The molecule has 1 spiro atoms. The summed E-state index contributed by atoms with van der Waals surface area (Å²) in [5.41, 5.74) is 1.74. The number of amides is 1. The smallest absolute Gasteiger partial charge is 0.225 e. The van der Waals surface area contributed by atoms with Gasteiger partial charge in [0.1, 0.15) is 5.82 Å². The molecule has 0 radical (unpaired) electrons. The number of nitrogens with one attached hydrogen (secondary N) is 2. The molecule has 0 aliphatic heterocycles. The summed E-state index contributed by atoms with van der Waals surface area (Å²) in [7, 11) is 3.98. The molecule has 2 fully saturated rings. The van der Waals surface area contributed by atoms with Gasteiger partial charge in [-0.05, 0) is 73.8 Å². The normalized spacial score (nSPS) is 23.3. The summed E-state index contributed by atoms with van der Waals surface area (Å²) in [6.45, 7) is 0. The largest absolute Gasteiger partial charge is 0.362 e. The van der Waals surface area contributed by atoms with Crippen molar-refractivity contribution in [3.05, 3.63) is 59.7 Å². The molecule has 0 bridgehead atoms. The lowest BCUT2D eigenvalue weighted by Crippen LogP contribution is -2.34. The second kappa shape index (κ2) is 9.40. The zero-order chi connectivity index (χ0) is 24.6. The Kier molecular flexibility index (Phi) is 6.30. The molecule has 2 aliphatic carbocycles. The SMILES string of the molecule is CN(C)c1nc(NC2CCC3(CC2)C[C@H]3NC(=O)CCc2ccc(F)c(F)c2)nc2ccccc12. The molecule has 35 heavy (non-hydrogen) atoms. The standard InChI is InChI=1S/C27H31F2N5O/c1-34(2)25-19-5-3-4-6-22(19)31-26(33-25)30-18-11-13-27(14-12-18)16-23(27)32-24(35)10-8-17-7-9-20(28)21(29)15-17/h3-7,9,15,18,23H,8,10-14,16H2,1-2H3,(H,32,35)(H,30,31,33)/t18?,23-,27?/m1/s1. The van der Waals surface area contributed by atoms with Crippen LogP contribution in [0.1, 0.15) is 44.1 Å². The minimum absolute atomic E-state index is 0.0300. The van der Waals surface area contributed by atoms with Crippen molar-refractivity contribution in [1.82, 2.24) is 15.3 Å². The van der Waals surface area contributed by atoms with Crippen LogP contribution < -0.4 is 15.5 Å². The first-order chi connectivity index (χ1) is 16.8. The van der Waals surface area contributed by atoms with E-state index in [-0.39, 0.29) is 23.8 Å². The average molecular weight is 480 g/mol. The third kappa shape index (κ3) is 5.06. The summed E-state index contributed by atoms with van der Waals surface area (Å²) in [6.07, 6.45) is 5.79. The van der Waals surface area contributed by atoms with E-state index in [9.17, 15) is 13.6 Å². The molecule has 1 amide bonds. The number of anilines is 2. The average Bonchev–Trinajstić information content (AvgIpc) is 3.51. The van der Waals surface area contributed by atoms with Crippen LogP contribution in [0.5, 0.6) is 0 Å². The minimum atomic E-state index is -0.874. The number of aromatic nitrogens is 2. The van der Waals surface area contributed by atoms with Gasteiger partial charge in [0.25, 0.3) is 0 Å². The van der Waals surface area contributed by atoms with Gasteiger partial charge in [-0.15, -0.1) is 0 Å². The Balaban J connectivity index is 1.12. The molecule has 5 rings (SSSR count). The van der Waals surface area contributed by atoms with Crippen molar-refractivity contribution in [3.8, 4) is 0 Å². The van der Waals surface area contributed by atoms with Gasteiger partial charge in [0.2, 0.25) is 11.9 Å². The molecule has 1 aromatic heterocycles. The molecule has 8 heteroatoms. The molecular weight excluding hydrogens is 448 g/mol. The van der Waals surface area contributed by atoms with Crippen LogP contribution in [0.4, 0.5) is 20.5 Å². The first-order valence-electron chi connectivity index (χ1n) is 12.3. The van der Waals surface area contributed by atoms with E-state index in [0.29, 0.717) is 24.0 Å². The highest BCUT2D eigenvalue weighted by Gasteiger charge is 2.55. The third-order valence-corrected chi connectivity index (χ3v) is 7.47. The number of carbonyl (C=O) groups excluding carboxylic acids is 1. The molecule has 3 aromatic rings. The first kappa shape index (κ1) is 23.5. The van der Waals surface area contributed by atoms with Crippen LogP contribution >= 0.6 is 0 Å². The minimum Gasteiger partial charge on any atom is -0.362 e. The van der Waals surface area contributed by atoms with Crippen LogP contribution in [0, 0.1) is 17.0 Å². The predicted molar refractivity (Wildman–Crippen MR) is 133 cm³/mol. The van der Waals surface area contributed by atoms with Gasteiger partial charge in [-0.3, -0.25) is 4.79 Å². The zero-order valence-corrected chi connectivity index (χ0v) is 20.2. The van der Waals surface area contributed by atoms with Crippen LogP contribution in [0.15, 0.2) is 42.5 Å². The lowest BCUT2D eigenvalue weighted by molar-refractivity contribution is -0.121. The lowest BCUT2D eigenvalue weighted by atomic mass is 9.83. The van der Waals surface area contributed by atoms with E-state index < -0.39 is 11.6 Å². The molecular formula is C27H31F2N5O. The van der Waals surface area contributed by atoms with Gasteiger partial charge in [0, 0.05) is 38.0 Å². The monoisotopic (exact) mass is 479 g/mol. The molecule has 2 saturated carbocycles. The molecule has 0 unspecified atom stereocenters. The van der Waals surface area contributed by atoms with Crippen molar-refractivity contribution in [2.45, 2.75) is 57.0 Å². The second-order valence-electron chi connectivity index (χ2n) is 10.1. The molecule has 2 aliphatic rings. The number of carbonyl (C=O) groups is 1. The highest BCUT2D eigenvalue weighted by Crippen LogP contribution is 2.56. The van der Waals surface area contributed by atoms with Crippen LogP contribution in [0.25, 0.3) is 10.9 Å². The Bertz CT molecular complexity index is 1240. The molecule has 2 aromatic carbocycles. The lowest BCUT2D eigenvalue weighted by Gasteiger charge is -2.30. The number of para-hydroxylation sites is 1. The maximum Gasteiger partial charge on any atom is 0.225 e. The molecule has 1 atom stereocenters. The molecule has 0 saturated heterocycles. The van der Waals surface area contributed by atoms with Gasteiger partial charge in [0.15, 0.2) is 11.6 Å². The summed E-state index contributed by atoms with van der Waals surface area (Å²) in [5.74, 6) is -0.211. The number of rotatable bonds is 7. The first-order valence-corrected chi connectivity index (χ1v) is 12.3. The molecule has 2 N–H and O–H groups in total. The van der Waals surface area contributed by atoms with Crippen molar-refractivity contribution in [3.63, 3.8) is 0 Å². The summed E-state index contributed by atoms with van der Waals surface area (Å²) in [5, 5.41) is 7.73. The van der Waals surface area contributed by atoms with Crippen LogP contribution in [0.2, 0.25) is 0 Å². The molecule has 184 valence electrons. The van der Waals surface area contributed by atoms with Crippen LogP contribution in [0.3, 0.4) is 0 Å². The number of hydrogen-bond donors (Lipinski definition) is 2. The number of aryl methyl sites for hydroxylation is 1. The van der Waals surface area contributed by atoms with Gasteiger partial charge < -0.3 is 15.5 Å². The number of halogens is 2. The molecule has 6 nitrogen and oxygen atoms in total. The van der Waals surface area contributed by atoms with Crippen LogP contribution in [-0.2, 0) is 11.2 Å². The van der Waals surface area contributed by atoms with Crippen molar-refractivity contribution in [2.24, 2.45) is 5.41 Å². The van der Waals surface area contributed by atoms with Crippen molar-refractivity contribution >= 4 is 28.6 Å². The Morgan fingerprint density at radius 3 is 2.60 bits per heavy atom. The quantitative estimate of drug-likeness (QED) is 0.508. The Labute approximate surface area is 204 Å². The Morgan fingerprint density at radius 1 is 1.09 bits per heavy atom. The van der Waals surface area contributed by atoms with Gasteiger partial charge in [0.05, 0.1) is 5.52 Å². The van der Waals surface area contributed by atoms with Gasteiger partial charge in [-0.25, -0.2) is 13.8 Å². The topological polar surface area (TPSA) is 70.2 Å². The zero-order valence-electron chi connectivity index (χ0n) is 20.2. The maximum atomic E-state index is 13.4. The van der Waals surface area contributed by atoms with Gasteiger partial charge in [-0.1, -0.05) is 18.2 Å².